The van der Waals surface area contributed by atoms with E-state index in [1.54, 1.807) is 0 Å². The van der Waals surface area contributed by atoms with Crippen molar-refractivity contribution in [3.8, 4) is 0 Å². The van der Waals surface area contributed by atoms with Gasteiger partial charge < -0.3 is 15.8 Å². The molecule has 0 aromatic heterocycles. The summed E-state index contributed by atoms with van der Waals surface area (Å²) in [6, 6.07) is 0.0669. The Morgan fingerprint density at radius 3 is 2.67 bits per heavy atom. The molecule has 0 aromatic carbocycles. The van der Waals surface area contributed by atoms with Crippen LogP contribution in [0.1, 0.15) is 25.7 Å². The maximum atomic E-state index is 11.7. The Morgan fingerprint density at radius 2 is 2.11 bits per heavy atom. The van der Waals surface area contributed by atoms with E-state index < -0.39 is 12.8 Å². The van der Waals surface area contributed by atoms with Gasteiger partial charge in [-0.15, -0.1) is 0 Å². The van der Waals surface area contributed by atoms with Crippen LogP contribution in [0.2, 0.25) is 0 Å². The van der Waals surface area contributed by atoms with Gasteiger partial charge in [-0.2, -0.15) is 13.2 Å². The highest BCUT2D eigenvalue weighted by Gasteiger charge is 2.27. The molecule has 0 heterocycles. The van der Waals surface area contributed by atoms with Crippen molar-refractivity contribution in [3.05, 3.63) is 0 Å². The summed E-state index contributed by atoms with van der Waals surface area (Å²) in [6.07, 6.45) is -1.05. The quantitative estimate of drug-likeness (QED) is 0.711. The van der Waals surface area contributed by atoms with Crippen molar-refractivity contribution >= 4 is 5.91 Å². The van der Waals surface area contributed by atoms with Gasteiger partial charge in [0.15, 0.2) is 0 Å². The summed E-state index contributed by atoms with van der Waals surface area (Å²) in [5.41, 5.74) is 5.82. The second kappa shape index (κ2) is 6.94. The molecule has 0 aliphatic heterocycles. The van der Waals surface area contributed by atoms with Crippen LogP contribution < -0.4 is 11.1 Å². The van der Waals surface area contributed by atoms with Crippen LogP contribution in [0.5, 0.6) is 0 Å². The summed E-state index contributed by atoms with van der Waals surface area (Å²) < 4.78 is 39.6. The third-order valence-electron chi connectivity index (χ3n) is 3.00. The zero-order valence-corrected chi connectivity index (χ0v) is 10.1. The molecule has 0 unspecified atom stereocenters. The van der Waals surface area contributed by atoms with Crippen LogP contribution in [0.3, 0.4) is 0 Å². The van der Waals surface area contributed by atoms with Crippen molar-refractivity contribution in [2.75, 3.05) is 19.8 Å². The Balaban J connectivity index is 2.03. The molecule has 3 N–H and O–H groups in total. The van der Waals surface area contributed by atoms with Gasteiger partial charge in [-0.25, -0.2) is 0 Å². The zero-order valence-electron chi connectivity index (χ0n) is 10.1. The van der Waals surface area contributed by atoms with E-state index in [1.165, 1.54) is 0 Å². The molecule has 4 nitrogen and oxygen atoms in total. The summed E-state index contributed by atoms with van der Waals surface area (Å²) in [7, 11) is 0. The molecule has 0 aromatic rings. The van der Waals surface area contributed by atoms with E-state index in [4.69, 9.17) is 5.73 Å². The van der Waals surface area contributed by atoms with Crippen LogP contribution >= 0.6 is 0 Å². The van der Waals surface area contributed by atoms with E-state index in [0.717, 1.165) is 19.3 Å². The minimum atomic E-state index is -4.32. The van der Waals surface area contributed by atoms with Crippen molar-refractivity contribution in [2.24, 2.45) is 11.7 Å². The Hall–Kier alpha value is -0.820. The lowest BCUT2D eigenvalue weighted by Gasteiger charge is -2.14. The first kappa shape index (κ1) is 15.2. The van der Waals surface area contributed by atoms with E-state index in [1.807, 2.05) is 0 Å². The first-order valence-corrected chi connectivity index (χ1v) is 6.05. The number of hydrogen-bond acceptors (Lipinski definition) is 3. The molecule has 18 heavy (non-hydrogen) atoms. The van der Waals surface area contributed by atoms with E-state index in [2.05, 4.69) is 10.1 Å². The van der Waals surface area contributed by atoms with Gasteiger partial charge in [0.2, 0.25) is 5.91 Å². The van der Waals surface area contributed by atoms with E-state index >= 15 is 0 Å². The Labute approximate surface area is 104 Å². The largest absolute Gasteiger partial charge is 0.411 e. The average Bonchev–Trinajstić information content (AvgIpc) is 2.62. The Bertz CT molecular complexity index is 272. The van der Waals surface area contributed by atoms with Crippen LogP contribution in [-0.2, 0) is 9.53 Å². The number of ether oxygens (including phenoxy) is 1. The summed E-state index contributed by atoms with van der Waals surface area (Å²) in [5, 5.41) is 2.53. The molecule has 0 radical (unpaired) electrons. The van der Waals surface area contributed by atoms with Gasteiger partial charge in [-0.3, -0.25) is 4.79 Å². The minimum absolute atomic E-state index is 0.0669. The molecule has 0 bridgehead atoms. The van der Waals surface area contributed by atoms with Crippen LogP contribution in [-0.4, -0.2) is 37.9 Å². The van der Waals surface area contributed by atoms with Crippen LogP contribution in [0.4, 0.5) is 13.2 Å². The molecule has 1 aliphatic carbocycles. The average molecular weight is 268 g/mol. The molecule has 1 saturated carbocycles. The molecule has 0 saturated heterocycles. The van der Waals surface area contributed by atoms with Crippen molar-refractivity contribution < 1.29 is 22.7 Å². The SMILES string of the molecule is N[C@@H]1CCC[C@H]1CC(=O)NCCOCC(F)(F)F. The summed E-state index contributed by atoms with van der Waals surface area (Å²) in [6.45, 7) is -1.32. The summed E-state index contributed by atoms with van der Waals surface area (Å²) in [5.74, 6) is 0.0223. The summed E-state index contributed by atoms with van der Waals surface area (Å²) in [4.78, 5) is 11.5. The first-order valence-electron chi connectivity index (χ1n) is 6.05. The van der Waals surface area contributed by atoms with Gasteiger partial charge >= 0.3 is 6.18 Å². The molecule has 0 spiro atoms. The third-order valence-corrected chi connectivity index (χ3v) is 3.00. The lowest BCUT2D eigenvalue weighted by molar-refractivity contribution is -0.173. The number of carbonyl (C=O) groups excluding carboxylic acids is 1. The number of nitrogens with two attached hydrogens (primary N) is 1. The topological polar surface area (TPSA) is 64.4 Å². The molecule has 1 rings (SSSR count). The highest BCUT2D eigenvalue weighted by atomic mass is 19.4. The molecule has 106 valence electrons. The van der Waals surface area contributed by atoms with Crippen molar-refractivity contribution in [2.45, 2.75) is 37.9 Å². The Kier molecular flexibility index (Phi) is 5.87. The van der Waals surface area contributed by atoms with Crippen LogP contribution in [0, 0.1) is 5.92 Å². The maximum absolute atomic E-state index is 11.7. The molecular formula is C11H19F3N2O2. The fourth-order valence-electron chi connectivity index (χ4n) is 2.08. The fourth-order valence-corrected chi connectivity index (χ4v) is 2.08. The molecule has 1 aliphatic rings. The summed E-state index contributed by atoms with van der Waals surface area (Å²) >= 11 is 0. The predicted octanol–water partition coefficient (Wildman–Crippen LogP) is 1.20. The number of carbonyl (C=O) groups is 1. The van der Waals surface area contributed by atoms with Crippen molar-refractivity contribution in [3.63, 3.8) is 0 Å². The van der Waals surface area contributed by atoms with Gasteiger partial charge in [0, 0.05) is 19.0 Å². The third kappa shape index (κ3) is 6.20. The predicted molar refractivity (Wildman–Crippen MR) is 59.8 cm³/mol. The number of amides is 1. The molecule has 1 amide bonds. The maximum Gasteiger partial charge on any atom is 0.411 e. The normalized spacial score (nSPS) is 24.2. The monoisotopic (exact) mass is 268 g/mol. The number of nitrogens with one attached hydrogen (secondary N) is 1. The smallest absolute Gasteiger partial charge is 0.370 e. The van der Waals surface area contributed by atoms with Gasteiger partial charge in [-0.1, -0.05) is 6.42 Å². The van der Waals surface area contributed by atoms with Gasteiger partial charge in [0.05, 0.1) is 6.61 Å². The van der Waals surface area contributed by atoms with Gasteiger partial charge in [0.1, 0.15) is 6.61 Å². The van der Waals surface area contributed by atoms with Gasteiger partial charge in [0.25, 0.3) is 0 Å². The number of alkyl halides is 3. The molecular weight excluding hydrogens is 249 g/mol. The second-order valence-corrected chi connectivity index (χ2v) is 4.58. The second-order valence-electron chi connectivity index (χ2n) is 4.58. The molecule has 1 fully saturated rings. The van der Waals surface area contributed by atoms with Crippen molar-refractivity contribution in [1.82, 2.24) is 5.32 Å². The van der Waals surface area contributed by atoms with Crippen LogP contribution in [0.25, 0.3) is 0 Å². The number of hydrogen-bond donors (Lipinski definition) is 2. The zero-order chi connectivity index (χ0) is 13.6. The number of rotatable bonds is 6. The highest BCUT2D eigenvalue weighted by Crippen LogP contribution is 2.26. The standard InChI is InChI=1S/C11H19F3N2O2/c12-11(13,14)7-18-5-4-16-10(17)6-8-2-1-3-9(8)15/h8-9H,1-7,15H2,(H,16,17)/t8-,9+/m0/s1. The van der Waals surface area contributed by atoms with Gasteiger partial charge in [-0.05, 0) is 18.8 Å². The van der Waals surface area contributed by atoms with E-state index in [-0.39, 0.29) is 31.0 Å². The minimum Gasteiger partial charge on any atom is -0.370 e. The van der Waals surface area contributed by atoms with Crippen molar-refractivity contribution in [1.29, 1.82) is 0 Å². The van der Waals surface area contributed by atoms with Crippen LogP contribution in [0.15, 0.2) is 0 Å². The lowest BCUT2D eigenvalue weighted by atomic mass is 10.00. The van der Waals surface area contributed by atoms with E-state index in [0.29, 0.717) is 6.42 Å². The van der Waals surface area contributed by atoms with E-state index in [9.17, 15) is 18.0 Å². The number of halogens is 3. The fraction of sp³-hybridized carbons (Fsp3) is 0.909. The molecule has 2 atom stereocenters. The first-order chi connectivity index (χ1) is 8.38. The lowest BCUT2D eigenvalue weighted by Crippen LogP contribution is -2.33. The Morgan fingerprint density at radius 1 is 1.39 bits per heavy atom. The molecule has 7 heteroatoms. The highest BCUT2D eigenvalue weighted by molar-refractivity contribution is 5.76.